The minimum Gasteiger partial charge on any atom is -0.381 e. The zero-order chi connectivity index (χ0) is 15.7. The Hall–Kier alpha value is -2.50. The molecule has 3 rings (SSSR count). The molecule has 5 nitrogen and oxygen atoms in total. The highest BCUT2D eigenvalue weighted by atomic mass is 19.1. The Balaban J connectivity index is 1.81. The number of rotatable bonds is 3. The van der Waals surface area contributed by atoms with Crippen molar-refractivity contribution < 1.29 is 8.91 Å². The third kappa shape index (κ3) is 2.52. The zero-order valence-electron chi connectivity index (χ0n) is 12.5. The van der Waals surface area contributed by atoms with Crippen LogP contribution in [0, 0.1) is 11.7 Å². The summed E-state index contributed by atoms with van der Waals surface area (Å²) < 4.78 is 18.4. The molecule has 0 amide bonds. The van der Waals surface area contributed by atoms with Crippen LogP contribution >= 0.6 is 0 Å². The summed E-state index contributed by atoms with van der Waals surface area (Å²) in [6.07, 6.45) is 9.87. The van der Waals surface area contributed by atoms with E-state index in [2.05, 4.69) is 41.1 Å². The van der Waals surface area contributed by atoms with E-state index in [1.54, 1.807) is 6.20 Å². The highest BCUT2D eigenvalue weighted by Gasteiger charge is 2.34. The van der Waals surface area contributed by atoms with Gasteiger partial charge >= 0.3 is 0 Å². The Labute approximate surface area is 127 Å². The van der Waals surface area contributed by atoms with Gasteiger partial charge in [0.25, 0.3) is 0 Å². The van der Waals surface area contributed by atoms with Crippen LogP contribution in [-0.2, 0) is 5.41 Å². The van der Waals surface area contributed by atoms with E-state index in [1.807, 2.05) is 6.08 Å². The SMILES string of the molecule is CC(C)(c1ncon1)C1C=CC(c2cnc(N)c(F)c2)=CC1. The predicted molar refractivity (Wildman–Crippen MR) is 81.2 cm³/mol. The number of nitrogens with zero attached hydrogens (tertiary/aromatic N) is 3. The second-order valence-corrected chi connectivity index (χ2v) is 5.93. The standard InChI is InChI=1S/C16H17FN4O/c1-16(2,15-20-9-22-21-15)12-5-3-10(4-6-12)11-7-13(17)14(18)19-8-11/h3-5,7-9,12H,6H2,1-2H3,(H2,18,19). The minimum atomic E-state index is -0.499. The first-order chi connectivity index (χ1) is 10.5. The molecule has 2 aromatic rings. The summed E-state index contributed by atoms with van der Waals surface area (Å²) in [7, 11) is 0. The summed E-state index contributed by atoms with van der Waals surface area (Å²) in [6.45, 7) is 4.16. The Morgan fingerprint density at radius 1 is 1.36 bits per heavy atom. The molecule has 0 fully saturated rings. The molecule has 0 saturated carbocycles. The fraction of sp³-hybridized carbons (Fsp3) is 0.312. The molecule has 1 unspecified atom stereocenters. The monoisotopic (exact) mass is 300 g/mol. The van der Waals surface area contributed by atoms with Crippen LogP contribution in [0.4, 0.5) is 10.2 Å². The first-order valence-electron chi connectivity index (χ1n) is 7.05. The number of pyridine rings is 1. The van der Waals surface area contributed by atoms with E-state index < -0.39 is 5.82 Å². The molecule has 1 aliphatic rings. The summed E-state index contributed by atoms with van der Waals surface area (Å²) in [6, 6.07) is 1.41. The lowest BCUT2D eigenvalue weighted by molar-refractivity contribution is 0.333. The first-order valence-corrected chi connectivity index (χ1v) is 7.05. The maximum Gasteiger partial charge on any atom is 0.213 e. The van der Waals surface area contributed by atoms with Crippen molar-refractivity contribution in [1.29, 1.82) is 0 Å². The second kappa shape index (κ2) is 5.36. The topological polar surface area (TPSA) is 77.8 Å². The van der Waals surface area contributed by atoms with E-state index >= 15 is 0 Å². The van der Waals surface area contributed by atoms with Crippen LogP contribution < -0.4 is 5.73 Å². The van der Waals surface area contributed by atoms with Crippen molar-refractivity contribution in [1.82, 2.24) is 15.1 Å². The molecule has 0 spiro atoms. The predicted octanol–water partition coefficient (Wildman–Crippen LogP) is 3.12. The van der Waals surface area contributed by atoms with Crippen molar-refractivity contribution in [3.8, 4) is 0 Å². The van der Waals surface area contributed by atoms with Gasteiger partial charge in [0.05, 0.1) is 0 Å². The molecule has 0 saturated heterocycles. The number of halogens is 1. The largest absolute Gasteiger partial charge is 0.381 e. The van der Waals surface area contributed by atoms with E-state index in [9.17, 15) is 4.39 Å². The molecule has 6 heteroatoms. The third-order valence-corrected chi connectivity index (χ3v) is 4.17. The van der Waals surface area contributed by atoms with Gasteiger partial charge in [-0.2, -0.15) is 4.98 Å². The Kier molecular flexibility index (Phi) is 3.52. The van der Waals surface area contributed by atoms with Gasteiger partial charge in [-0.25, -0.2) is 9.37 Å². The van der Waals surface area contributed by atoms with Crippen LogP contribution in [0.1, 0.15) is 31.7 Å². The van der Waals surface area contributed by atoms with Gasteiger partial charge in [-0.3, -0.25) is 0 Å². The summed E-state index contributed by atoms with van der Waals surface area (Å²) in [5.41, 5.74) is 6.82. The molecule has 1 atom stereocenters. The third-order valence-electron chi connectivity index (χ3n) is 4.17. The summed E-state index contributed by atoms with van der Waals surface area (Å²) in [4.78, 5) is 8.01. The van der Waals surface area contributed by atoms with E-state index in [4.69, 9.17) is 10.3 Å². The molecular formula is C16H17FN4O. The summed E-state index contributed by atoms with van der Waals surface area (Å²) in [5.74, 6) is 0.334. The number of nitrogens with two attached hydrogens (primary N) is 1. The van der Waals surface area contributed by atoms with Gasteiger partial charge in [-0.05, 0) is 24.0 Å². The summed E-state index contributed by atoms with van der Waals surface area (Å²) in [5, 5.41) is 3.95. The number of anilines is 1. The van der Waals surface area contributed by atoms with E-state index in [0.29, 0.717) is 5.82 Å². The maximum absolute atomic E-state index is 13.5. The van der Waals surface area contributed by atoms with E-state index in [0.717, 1.165) is 17.6 Å². The quantitative estimate of drug-likeness (QED) is 0.942. The van der Waals surface area contributed by atoms with Crippen molar-refractivity contribution in [2.75, 3.05) is 5.73 Å². The molecule has 0 aliphatic heterocycles. The molecule has 0 bridgehead atoms. The lowest BCUT2D eigenvalue weighted by Crippen LogP contribution is -2.29. The molecule has 2 aromatic heterocycles. The average molecular weight is 300 g/mol. The van der Waals surface area contributed by atoms with Crippen LogP contribution in [0.3, 0.4) is 0 Å². The van der Waals surface area contributed by atoms with Crippen LogP contribution in [0.15, 0.2) is 41.4 Å². The molecule has 2 N–H and O–H groups in total. The number of nitrogen functional groups attached to an aromatic ring is 1. The van der Waals surface area contributed by atoms with Gasteiger partial charge in [0.15, 0.2) is 17.5 Å². The average Bonchev–Trinajstić information content (AvgIpc) is 3.05. The maximum atomic E-state index is 13.5. The van der Waals surface area contributed by atoms with Gasteiger partial charge in [0, 0.05) is 17.2 Å². The van der Waals surface area contributed by atoms with Gasteiger partial charge < -0.3 is 10.3 Å². The van der Waals surface area contributed by atoms with Gasteiger partial charge in [0.2, 0.25) is 6.39 Å². The Morgan fingerprint density at radius 2 is 2.18 bits per heavy atom. The van der Waals surface area contributed by atoms with Crippen LogP contribution in [0.2, 0.25) is 0 Å². The lowest BCUT2D eigenvalue weighted by atomic mass is 9.74. The number of hydrogen-bond donors (Lipinski definition) is 1. The molecule has 22 heavy (non-hydrogen) atoms. The van der Waals surface area contributed by atoms with E-state index in [-0.39, 0.29) is 17.2 Å². The van der Waals surface area contributed by atoms with Gasteiger partial charge in [0.1, 0.15) is 0 Å². The highest BCUT2D eigenvalue weighted by molar-refractivity contribution is 5.75. The zero-order valence-corrected chi connectivity index (χ0v) is 12.5. The van der Waals surface area contributed by atoms with Crippen molar-refractivity contribution >= 4 is 11.4 Å². The molecule has 114 valence electrons. The second-order valence-electron chi connectivity index (χ2n) is 5.93. The molecule has 0 aromatic carbocycles. The highest BCUT2D eigenvalue weighted by Crippen LogP contribution is 2.37. The van der Waals surface area contributed by atoms with Crippen LogP contribution in [-0.4, -0.2) is 15.1 Å². The van der Waals surface area contributed by atoms with Crippen LogP contribution in [0.25, 0.3) is 5.57 Å². The van der Waals surface area contributed by atoms with Crippen molar-refractivity contribution in [2.24, 2.45) is 5.92 Å². The Morgan fingerprint density at radius 3 is 2.77 bits per heavy atom. The lowest BCUT2D eigenvalue weighted by Gasteiger charge is -2.30. The molecule has 1 aliphatic carbocycles. The van der Waals surface area contributed by atoms with Crippen molar-refractivity contribution in [2.45, 2.75) is 25.7 Å². The smallest absolute Gasteiger partial charge is 0.213 e. The molecule has 2 heterocycles. The number of aromatic nitrogens is 3. The molecular weight excluding hydrogens is 283 g/mol. The first kappa shape index (κ1) is 14.4. The van der Waals surface area contributed by atoms with Crippen molar-refractivity contribution in [3.05, 3.63) is 54.1 Å². The fourth-order valence-corrected chi connectivity index (χ4v) is 2.60. The fourth-order valence-electron chi connectivity index (χ4n) is 2.60. The van der Waals surface area contributed by atoms with Gasteiger partial charge in [-0.15, -0.1) is 0 Å². The Bertz CT molecular complexity index is 735. The minimum absolute atomic E-state index is 0.0831. The number of allylic oxidation sites excluding steroid dienone is 4. The molecule has 0 radical (unpaired) electrons. The van der Waals surface area contributed by atoms with Crippen LogP contribution in [0.5, 0.6) is 0 Å². The van der Waals surface area contributed by atoms with Crippen molar-refractivity contribution in [3.63, 3.8) is 0 Å². The van der Waals surface area contributed by atoms with Gasteiger partial charge in [-0.1, -0.05) is 37.2 Å². The van der Waals surface area contributed by atoms with E-state index in [1.165, 1.54) is 12.5 Å². The normalized spacial score (nSPS) is 18.3. The summed E-state index contributed by atoms with van der Waals surface area (Å²) >= 11 is 0. The number of hydrogen-bond acceptors (Lipinski definition) is 5.